The lowest BCUT2D eigenvalue weighted by Crippen LogP contribution is -2.32. The molecule has 2 aromatic heterocycles. The van der Waals surface area contributed by atoms with Gasteiger partial charge in [0.15, 0.2) is 0 Å². The molecule has 7 heteroatoms. The van der Waals surface area contributed by atoms with E-state index in [9.17, 15) is 0 Å². The van der Waals surface area contributed by atoms with Crippen molar-refractivity contribution in [1.82, 2.24) is 24.7 Å². The predicted octanol–water partition coefficient (Wildman–Crippen LogP) is 0.386. The van der Waals surface area contributed by atoms with Gasteiger partial charge in [0.25, 0.3) is 0 Å². The highest BCUT2D eigenvalue weighted by Crippen LogP contribution is 2.16. The summed E-state index contributed by atoms with van der Waals surface area (Å²) in [6, 6.07) is 2.20. The maximum atomic E-state index is 5.63. The first kappa shape index (κ1) is 10.9. The largest absolute Gasteiger partial charge is 0.368 e. The average Bonchev–Trinajstić information content (AvgIpc) is 2.74. The van der Waals surface area contributed by atoms with E-state index in [0.717, 1.165) is 36.7 Å². The second kappa shape index (κ2) is 4.25. The molecule has 0 bridgehead atoms. The molecule has 18 heavy (non-hydrogen) atoms. The Balaban J connectivity index is 1.74. The van der Waals surface area contributed by atoms with Gasteiger partial charge in [-0.05, 0) is 13.3 Å². The normalized spacial score (nSPS) is 18.4. The number of nitrogens with one attached hydrogen (secondary N) is 1. The van der Waals surface area contributed by atoms with Crippen molar-refractivity contribution in [3.8, 4) is 0 Å². The Bertz CT molecular complexity index is 542. The molecule has 2 aromatic rings. The van der Waals surface area contributed by atoms with Crippen LogP contribution < -0.4 is 11.1 Å². The zero-order valence-corrected chi connectivity index (χ0v) is 10.2. The summed E-state index contributed by atoms with van der Waals surface area (Å²) in [7, 11) is 0. The topological polar surface area (TPSA) is 94.5 Å². The van der Waals surface area contributed by atoms with Crippen molar-refractivity contribution in [2.75, 3.05) is 11.1 Å². The van der Waals surface area contributed by atoms with E-state index in [-0.39, 0.29) is 0 Å². The fourth-order valence-electron chi connectivity index (χ4n) is 2.23. The van der Waals surface area contributed by atoms with Crippen LogP contribution in [0.5, 0.6) is 0 Å². The standard InChI is InChI=1S/C11H15N7/c1-7-4-9(17-11(12)15-7)16-8-2-3-10-13-6-14-18(10)5-8/h4,6,8H,2-3,5H2,1H3,(H3,12,15,16,17)/t8-/m0/s1. The van der Waals surface area contributed by atoms with E-state index >= 15 is 0 Å². The highest BCUT2D eigenvalue weighted by Gasteiger charge is 2.19. The minimum absolute atomic E-state index is 0.299. The van der Waals surface area contributed by atoms with Gasteiger partial charge in [0.05, 0.1) is 6.54 Å². The van der Waals surface area contributed by atoms with E-state index in [2.05, 4.69) is 25.4 Å². The molecular formula is C11H15N7. The maximum absolute atomic E-state index is 5.63. The molecule has 0 spiro atoms. The number of fused-ring (bicyclic) bond motifs is 1. The minimum Gasteiger partial charge on any atom is -0.368 e. The van der Waals surface area contributed by atoms with E-state index in [4.69, 9.17) is 5.73 Å². The fourth-order valence-corrected chi connectivity index (χ4v) is 2.23. The number of nitrogen functional groups attached to an aromatic ring is 1. The summed E-state index contributed by atoms with van der Waals surface area (Å²) < 4.78 is 1.93. The Kier molecular flexibility index (Phi) is 2.58. The Morgan fingerprint density at radius 1 is 1.44 bits per heavy atom. The molecule has 3 heterocycles. The van der Waals surface area contributed by atoms with Crippen molar-refractivity contribution in [2.24, 2.45) is 0 Å². The molecule has 0 aliphatic carbocycles. The number of nitrogens with two attached hydrogens (primary N) is 1. The highest BCUT2D eigenvalue weighted by molar-refractivity contribution is 5.41. The molecule has 0 saturated heterocycles. The number of nitrogens with zero attached hydrogens (tertiary/aromatic N) is 5. The second-order valence-electron chi connectivity index (χ2n) is 4.49. The summed E-state index contributed by atoms with van der Waals surface area (Å²) in [5.74, 6) is 2.12. The summed E-state index contributed by atoms with van der Waals surface area (Å²) >= 11 is 0. The Hall–Kier alpha value is -2.18. The van der Waals surface area contributed by atoms with Crippen LogP contribution in [-0.4, -0.2) is 30.8 Å². The summed E-state index contributed by atoms with van der Waals surface area (Å²) in [4.78, 5) is 12.4. The first-order valence-corrected chi connectivity index (χ1v) is 5.95. The van der Waals surface area contributed by atoms with Gasteiger partial charge in [-0.1, -0.05) is 0 Å². The van der Waals surface area contributed by atoms with Crippen molar-refractivity contribution in [2.45, 2.75) is 32.4 Å². The molecule has 3 N–H and O–H groups in total. The first-order chi connectivity index (χ1) is 8.70. The van der Waals surface area contributed by atoms with Crippen molar-refractivity contribution < 1.29 is 0 Å². The van der Waals surface area contributed by atoms with E-state index in [0.29, 0.717) is 12.0 Å². The van der Waals surface area contributed by atoms with Crippen molar-refractivity contribution in [3.05, 3.63) is 23.9 Å². The number of hydrogen-bond donors (Lipinski definition) is 2. The lowest BCUT2D eigenvalue weighted by molar-refractivity contribution is 0.440. The molecule has 7 nitrogen and oxygen atoms in total. The van der Waals surface area contributed by atoms with Gasteiger partial charge < -0.3 is 11.1 Å². The molecule has 0 saturated carbocycles. The number of aryl methyl sites for hydroxylation is 2. The van der Waals surface area contributed by atoms with E-state index in [1.165, 1.54) is 0 Å². The average molecular weight is 245 g/mol. The predicted molar refractivity (Wildman–Crippen MR) is 66.9 cm³/mol. The zero-order valence-electron chi connectivity index (χ0n) is 10.2. The van der Waals surface area contributed by atoms with E-state index in [1.54, 1.807) is 6.33 Å². The molecule has 0 aromatic carbocycles. The number of anilines is 2. The molecule has 0 unspecified atom stereocenters. The molecule has 0 fully saturated rings. The van der Waals surface area contributed by atoms with Crippen molar-refractivity contribution >= 4 is 11.8 Å². The molecule has 1 aliphatic rings. The lowest BCUT2D eigenvalue weighted by Gasteiger charge is -2.24. The highest BCUT2D eigenvalue weighted by atomic mass is 15.3. The second-order valence-corrected chi connectivity index (χ2v) is 4.49. The van der Waals surface area contributed by atoms with E-state index < -0.39 is 0 Å². The van der Waals surface area contributed by atoms with Gasteiger partial charge in [-0.2, -0.15) is 10.1 Å². The van der Waals surface area contributed by atoms with Crippen LogP contribution in [-0.2, 0) is 13.0 Å². The summed E-state index contributed by atoms with van der Waals surface area (Å²) in [5, 5.41) is 7.57. The molecule has 94 valence electrons. The number of aromatic nitrogens is 5. The minimum atomic E-state index is 0.299. The summed E-state index contributed by atoms with van der Waals surface area (Å²) in [6.45, 7) is 2.71. The molecule has 3 rings (SSSR count). The molecule has 1 aliphatic heterocycles. The third-order valence-electron chi connectivity index (χ3n) is 3.03. The van der Waals surface area contributed by atoms with Crippen LogP contribution in [0.25, 0.3) is 0 Å². The fraction of sp³-hybridized carbons (Fsp3) is 0.455. The van der Waals surface area contributed by atoms with Gasteiger partial charge in [0.1, 0.15) is 18.0 Å². The lowest BCUT2D eigenvalue weighted by atomic mass is 10.1. The van der Waals surface area contributed by atoms with E-state index in [1.807, 2.05) is 17.7 Å². The van der Waals surface area contributed by atoms with Gasteiger partial charge >= 0.3 is 0 Å². The van der Waals surface area contributed by atoms with Gasteiger partial charge in [0, 0.05) is 24.2 Å². The monoisotopic (exact) mass is 245 g/mol. The third kappa shape index (κ3) is 2.11. The van der Waals surface area contributed by atoms with Crippen LogP contribution in [0.15, 0.2) is 12.4 Å². The Labute approximate surface area is 104 Å². The summed E-state index contributed by atoms with van der Waals surface area (Å²) in [5.41, 5.74) is 6.50. The molecule has 1 atom stereocenters. The zero-order chi connectivity index (χ0) is 12.5. The van der Waals surface area contributed by atoms with Crippen molar-refractivity contribution in [3.63, 3.8) is 0 Å². The maximum Gasteiger partial charge on any atom is 0.222 e. The SMILES string of the molecule is Cc1cc(N[C@H]2CCc3ncnn3C2)nc(N)n1. The van der Waals surface area contributed by atoms with Crippen LogP contribution in [0.4, 0.5) is 11.8 Å². The van der Waals surface area contributed by atoms with Gasteiger partial charge in [0.2, 0.25) is 5.95 Å². The van der Waals surface area contributed by atoms with Gasteiger partial charge in [-0.25, -0.2) is 14.6 Å². The first-order valence-electron chi connectivity index (χ1n) is 5.95. The van der Waals surface area contributed by atoms with Crippen LogP contribution in [0.1, 0.15) is 17.9 Å². The number of rotatable bonds is 2. The summed E-state index contributed by atoms with van der Waals surface area (Å²) in [6.07, 6.45) is 3.55. The Morgan fingerprint density at radius 3 is 3.17 bits per heavy atom. The number of hydrogen-bond acceptors (Lipinski definition) is 6. The van der Waals surface area contributed by atoms with Crippen LogP contribution in [0.2, 0.25) is 0 Å². The van der Waals surface area contributed by atoms with Crippen LogP contribution in [0.3, 0.4) is 0 Å². The van der Waals surface area contributed by atoms with Crippen LogP contribution in [0, 0.1) is 6.92 Å². The Morgan fingerprint density at radius 2 is 2.33 bits per heavy atom. The van der Waals surface area contributed by atoms with Gasteiger partial charge in [-0.15, -0.1) is 0 Å². The third-order valence-corrected chi connectivity index (χ3v) is 3.03. The van der Waals surface area contributed by atoms with Crippen molar-refractivity contribution in [1.29, 1.82) is 0 Å². The molecule has 0 radical (unpaired) electrons. The quantitative estimate of drug-likeness (QED) is 0.794. The van der Waals surface area contributed by atoms with Crippen LogP contribution >= 0.6 is 0 Å². The molecular weight excluding hydrogens is 230 g/mol. The molecule has 0 amide bonds. The smallest absolute Gasteiger partial charge is 0.222 e. The van der Waals surface area contributed by atoms with Gasteiger partial charge in [-0.3, -0.25) is 0 Å².